The summed E-state index contributed by atoms with van der Waals surface area (Å²) in [7, 11) is 0. The molecule has 0 aliphatic heterocycles. The van der Waals surface area contributed by atoms with Crippen molar-refractivity contribution in [1.82, 2.24) is 5.32 Å². The second kappa shape index (κ2) is 8.11. The number of halogens is 2. The quantitative estimate of drug-likeness (QED) is 0.718. The van der Waals surface area contributed by atoms with E-state index < -0.39 is 5.97 Å². The highest BCUT2D eigenvalue weighted by Crippen LogP contribution is 2.25. The van der Waals surface area contributed by atoms with E-state index in [0.29, 0.717) is 23.6 Å². The Morgan fingerprint density at radius 1 is 1.45 bits per heavy atom. The van der Waals surface area contributed by atoms with Crippen molar-refractivity contribution in [2.45, 2.75) is 32.2 Å². The van der Waals surface area contributed by atoms with Crippen molar-refractivity contribution in [2.75, 3.05) is 5.32 Å². The zero-order chi connectivity index (χ0) is 15.1. The average molecular weight is 364 g/mol. The molecule has 1 atom stereocenters. The first-order valence-corrected chi connectivity index (χ1v) is 7.30. The molecule has 1 aromatic carbocycles. The van der Waals surface area contributed by atoms with Crippen molar-refractivity contribution < 1.29 is 14.7 Å². The monoisotopic (exact) mass is 362 g/mol. The lowest BCUT2D eigenvalue weighted by Gasteiger charge is -2.14. The topological polar surface area (TPSA) is 78.4 Å². The molecule has 0 radical (unpaired) electrons. The van der Waals surface area contributed by atoms with Crippen LogP contribution in [0.5, 0.6) is 0 Å². The van der Waals surface area contributed by atoms with E-state index in [0.717, 1.165) is 4.47 Å². The Labute approximate surface area is 130 Å². The van der Waals surface area contributed by atoms with E-state index >= 15 is 0 Å². The maximum Gasteiger partial charge on any atom is 0.319 e. The molecule has 0 aliphatic carbocycles. The number of amides is 2. The highest BCUT2D eigenvalue weighted by atomic mass is 79.9. The van der Waals surface area contributed by atoms with E-state index in [1.165, 1.54) is 0 Å². The SMILES string of the molecule is CC(CCCC(=O)O)NC(=O)Nc1ccc(Br)cc1Cl. The third-order valence-electron chi connectivity index (χ3n) is 2.58. The largest absolute Gasteiger partial charge is 0.481 e. The molecule has 0 aromatic heterocycles. The molecule has 0 bridgehead atoms. The molecule has 0 heterocycles. The van der Waals surface area contributed by atoms with Crippen LogP contribution in [-0.2, 0) is 4.79 Å². The molecule has 1 unspecified atom stereocenters. The Kier molecular flexibility index (Phi) is 6.81. The van der Waals surface area contributed by atoms with Crippen molar-refractivity contribution in [3.8, 4) is 0 Å². The molecule has 20 heavy (non-hydrogen) atoms. The molecule has 0 saturated heterocycles. The second-order valence-electron chi connectivity index (χ2n) is 4.41. The van der Waals surface area contributed by atoms with Gasteiger partial charge < -0.3 is 15.7 Å². The summed E-state index contributed by atoms with van der Waals surface area (Å²) in [6, 6.07) is 4.69. The van der Waals surface area contributed by atoms with Gasteiger partial charge in [0.1, 0.15) is 0 Å². The summed E-state index contributed by atoms with van der Waals surface area (Å²) in [6.07, 6.45) is 1.23. The number of carboxylic acids is 1. The lowest BCUT2D eigenvalue weighted by atomic mass is 10.1. The van der Waals surface area contributed by atoms with Crippen molar-refractivity contribution in [3.63, 3.8) is 0 Å². The van der Waals surface area contributed by atoms with Crippen LogP contribution >= 0.6 is 27.5 Å². The van der Waals surface area contributed by atoms with E-state index in [4.69, 9.17) is 16.7 Å². The number of hydrogen-bond donors (Lipinski definition) is 3. The predicted molar refractivity (Wildman–Crippen MR) is 82.3 cm³/mol. The van der Waals surface area contributed by atoms with Gasteiger partial charge in [-0.05, 0) is 38.0 Å². The van der Waals surface area contributed by atoms with Gasteiger partial charge in [-0.25, -0.2) is 4.79 Å². The van der Waals surface area contributed by atoms with Crippen molar-refractivity contribution in [1.29, 1.82) is 0 Å². The van der Waals surface area contributed by atoms with Gasteiger partial charge in [0, 0.05) is 16.9 Å². The molecule has 0 aliphatic rings. The van der Waals surface area contributed by atoms with E-state index in [-0.39, 0.29) is 18.5 Å². The van der Waals surface area contributed by atoms with Gasteiger partial charge in [0.05, 0.1) is 10.7 Å². The molecular weight excluding hydrogens is 348 g/mol. The fourth-order valence-corrected chi connectivity index (χ4v) is 2.33. The van der Waals surface area contributed by atoms with Gasteiger partial charge in [-0.15, -0.1) is 0 Å². The summed E-state index contributed by atoms with van der Waals surface area (Å²) in [4.78, 5) is 22.1. The standard InChI is InChI=1S/C13H16BrClN2O3/c1-8(3-2-4-12(18)19)16-13(20)17-11-6-5-9(14)7-10(11)15/h5-8H,2-4H2,1H3,(H,18,19)(H2,16,17,20). The predicted octanol–water partition coefficient (Wildman–Crippen LogP) is 3.87. The Morgan fingerprint density at radius 3 is 2.75 bits per heavy atom. The Balaban J connectivity index is 2.41. The average Bonchev–Trinajstić information content (AvgIpc) is 2.32. The fraction of sp³-hybridized carbons (Fsp3) is 0.385. The number of rotatable bonds is 6. The molecule has 0 saturated carbocycles. The molecular formula is C13H16BrClN2O3. The molecule has 0 spiro atoms. The Hall–Kier alpha value is -1.27. The van der Waals surface area contributed by atoms with Crippen LogP contribution in [0.2, 0.25) is 5.02 Å². The van der Waals surface area contributed by atoms with Gasteiger partial charge in [-0.3, -0.25) is 4.79 Å². The Bertz CT molecular complexity index is 497. The third-order valence-corrected chi connectivity index (χ3v) is 3.39. The molecule has 3 N–H and O–H groups in total. The third kappa shape index (κ3) is 6.25. The van der Waals surface area contributed by atoms with Gasteiger partial charge in [-0.2, -0.15) is 0 Å². The van der Waals surface area contributed by atoms with E-state index in [1.54, 1.807) is 18.2 Å². The summed E-state index contributed by atoms with van der Waals surface area (Å²) in [6.45, 7) is 1.82. The maximum absolute atomic E-state index is 11.7. The van der Waals surface area contributed by atoms with Crippen LogP contribution in [0.25, 0.3) is 0 Å². The van der Waals surface area contributed by atoms with Crippen molar-refractivity contribution in [2.24, 2.45) is 0 Å². The molecule has 0 fully saturated rings. The molecule has 7 heteroatoms. The summed E-state index contributed by atoms with van der Waals surface area (Å²) >= 11 is 9.27. The number of carbonyl (C=O) groups is 2. The molecule has 5 nitrogen and oxygen atoms in total. The number of anilines is 1. The van der Waals surface area contributed by atoms with Crippen LogP contribution in [0.3, 0.4) is 0 Å². The lowest BCUT2D eigenvalue weighted by Crippen LogP contribution is -2.36. The number of urea groups is 1. The molecule has 2 amide bonds. The number of benzene rings is 1. The van der Waals surface area contributed by atoms with Gasteiger partial charge in [0.2, 0.25) is 0 Å². The van der Waals surface area contributed by atoms with Crippen LogP contribution in [0.4, 0.5) is 10.5 Å². The first kappa shape index (κ1) is 16.8. The first-order valence-electron chi connectivity index (χ1n) is 6.13. The van der Waals surface area contributed by atoms with Crippen molar-refractivity contribution >= 4 is 45.2 Å². The van der Waals surface area contributed by atoms with Crippen molar-refractivity contribution in [3.05, 3.63) is 27.7 Å². The van der Waals surface area contributed by atoms with Crippen LogP contribution in [0.15, 0.2) is 22.7 Å². The number of aliphatic carboxylic acids is 1. The highest BCUT2D eigenvalue weighted by molar-refractivity contribution is 9.10. The first-order chi connectivity index (χ1) is 9.38. The number of carbonyl (C=O) groups excluding carboxylic acids is 1. The minimum Gasteiger partial charge on any atom is -0.481 e. The Morgan fingerprint density at radius 2 is 2.15 bits per heavy atom. The van der Waals surface area contributed by atoms with E-state index in [2.05, 4.69) is 26.6 Å². The van der Waals surface area contributed by atoms with Crippen LogP contribution in [-0.4, -0.2) is 23.1 Å². The number of hydrogen-bond acceptors (Lipinski definition) is 2. The summed E-state index contributed by atoms with van der Waals surface area (Å²) in [5, 5.41) is 14.4. The summed E-state index contributed by atoms with van der Waals surface area (Å²) in [5.41, 5.74) is 0.519. The molecule has 1 aromatic rings. The minimum atomic E-state index is -0.830. The van der Waals surface area contributed by atoms with Crippen LogP contribution in [0.1, 0.15) is 26.2 Å². The zero-order valence-corrected chi connectivity index (χ0v) is 13.3. The fourth-order valence-electron chi connectivity index (χ4n) is 1.60. The number of nitrogens with one attached hydrogen (secondary N) is 2. The van der Waals surface area contributed by atoms with Crippen LogP contribution < -0.4 is 10.6 Å². The second-order valence-corrected chi connectivity index (χ2v) is 5.73. The molecule has 110 valence electrons. The summed E-state index contributed by atoms with van der Waals surface area (Å²) in [5.74, 6) is -0.830. The smallest absolute Gasteiger partial charge is 0.319 e. The lowest BCUT2D eigenvalue weighted by molar-refractivity contribution is -0.137. The van der Waals surface area contributed by atoms with Gasteiger partial charge in [0.25, 0.3) is 0 Å². The molecule has 1 rings (SSSR count). The minimum absolute atomic E-state index is 0.103. The highest BCUT2D eigenvalue weighted by Gasteiger charge is 2.10. The van der Waals surface area contributed by atoms with Gasteiger partial charge in [-0.1, -0.05) is 27.5 Å². The van der Waals surface area contributed by atoms with E-state index in [9.17, 15) is 9.59 Å². The number of carboxylic acid groups (broad SMARTS) is 1. The zero-order valence-electron chi connectivity index (χ0n) is 11.0. The van der Waals surface area contributed by atoms with Gasteiger partial charge in [0.15, 0.2) is 0 Å². The summed E-state index contributed by atoms with van der Waals surface area (Å²) < 4.78 is 0.829. The van der Waals surface area contributed by atoms with Crippen LogP contribution in [0, 0.1) is 0 Å². The maximum atomic E-state index is 11.7. The van der Waals surface area contributed by atoms with Gasteiger partial charge >= 0.3 is 12.0 Å². The normalized spacial score (nSPS) is 11.8. The van der Waals surface area contributed by atoms with E-state index in [1.807, 2.05) is 6.92 Å².